The van der Waals surface area contributed by atoms with Crippen molar-refractivity contribution in [2.45, 2.75) is 77.4 Å². The van der Waals surface area contributed by atoms with Crippen LogP contribution in [0.5, 0.6) is 5.88 Å². The highest BCUT2D eigenvalue weighted by molar-refractivity contribution is 5.74. The molecule has 11 nitrogen and oxygen atoms in total. The van der Waals surface area contributed by atoms with Crippen LogP contribution in [0.4, 0.5) is 24.9 Å². The van der Waals surface area contributed by atoms with E-state index in [1.165, 1.54) is 16.8 Å². The van der Waals surface area contributed by atoms with Gasteiger partial charge in [0.2, 0.25) is 17.9 Å². The third kappa shape index (κ3) is 6.92. The lowest BCUT2D eigenvalue weighted by atomic mass is 9.71. The highest BCUT2D eigenvalue weighted by Crippen LogP contribution is 2.46. The lowest BCUT2D eigenvalue weighted by molar-refractivity contribution is -0.198. The molecule has 5 N–H and O–H groups in total. The van der Waals surface area contributed by atoms with E-state index >= 15 is 0 Å². The first-order valence-electron chi connectivity index (χ1n) is 16.3. The van der Waals surface area contributed by atoms with Crippen molar-refractivity contribution >= 4 is 17.7 Å². The molecule has 6 rings (SSSR count). The first kappa shape index (κ1) is 34.2. The number of aryl methyl sites for hydroxylation is 2. The van der Waals surface area contributed by atoms with E-state index in [1.807, 2.05) is 30.9 Å². The molecular formula is C35H40F3N7O4. The number of ether oxygens (including phenoxy) is 1. The number of aliphatic carboxylic acids is 1. The number of nitrogens with zero attached hydrogens (tertiary/aromatic N) is 5. The van der Waals surface area contributed by atoms with Gasteiger partial charge in [-0.1, -0.05) is 37.3 Å². The molecule has 2 saturated heterocycles. The molecule has 2 aromatic carbocycles. The zero-order chi connectivity index (χ0) is 35.1. The van der Waals surface area contributed by atoms with Gasteiger partial charge in [-0.3, -0.25) is 4.79 Å². The summed E-state index contributed by atoms with van der Waals surface area (Å²) in [5.41, 5.74) is 9.50. The van der Waals surface area contributed by atoms with Gasteiger partial charge < -0.3 is 30.9 Å². The number of nitrogens with two attached hydrogens (primary N) is 1. The molecule has 4 aromatic rings. The van der Waals surface area contributed by atoms with Crippen LogP contribution >= 0.6 is 0 Å². The fourth-order valence-corrected chi connectivity index (χ4v) is 7.30. The van der Waals surface area contributed by atoms with Gasteiger partial charge in [-0.25, -0.2) is 4.68 Å². The molecule has 2 fully saturated rings. The minimum Gasteiger partial charge on any atom is -0.480 e. The largest absolute Gasteiger partial charge is 0.480 e. The highest BCUT2D eigenvalue weighted by Gasteiger charge is 2.50. The van der Waals surface area contributed by atoms with Crippen LogP contribution in [0.15, 0.2) is 54.7 Å². The number of nitrogen functional groups attached to an aromatic ring is 1. The van der Waals surface area contributed by atoms with E-state index in [4.69, 9.17) is 10.5 Å². The number of aliphatic hydroxyl groups is 1. The van der Waals surface area contributed by atoms with Gasteiger partial charge in [0.25, 0.3) is 0 Å². The number of aromatic nitrogens is 4. The molecule has 2 unspecified atom stereocenters. The van der Waals surface area contributed by atoms with Crippen molar-refractivity contribution in [3.05, 3.63) is 77.1 Å². The van der Waals surface area contributed by atoms with Crippen LogP contribution in [-0.2, 0) is 11.4 Å². The van der Waals surface area contributed by atoms with E-state index < -0.39 is 24.3 Å². The molecule has 49 heavy (non-hydrogen) atoms. The summed E-state index contributed by atoms with van der Waals surface area (Å²) in [5, 5.41) is 26.9. The summed E-state index contributed by atoms with van der Waals surface area (Å²) in [5.74, 6) is -1.08. The maximum absolute atomic E-state index is 14.9. The minimum absolute atomic E-state index is 0.0562. The van der Waals surface area contributed by atoms with Crippen LogP contribution in [0.2, 0.25) is 0 Å². The second-order valence-electron chi connectivity index (χ2n) is 13.0. The number of hydrogen-bond acceptors (Lipinski definition) is 9. The minimum atomic E-state index is -4.85. The highest BCUT2D eigenvalue weighted by atomic mass is 19.4. The average molecular weight is 680 g/mol. The van der Waals surface area contributed by atoms with Crippen molar-refractivity contribution in [2.24, 2.45) is 5.41 Å². The summed E-state index contributed by atoms with van der Waals surface area (Å²) < 4.78 is 51.9. The third-order valence-electron chi connectivity index (χ3n) is 9.91. The summed E-state index contributed by atoms with van der Waals surface area (Å²) in [6, 6.07) is 12.6. The normalized spacial score (nSPS) is 19.7. The summed E-state index contributed by atoms with van der Waals surface area (Å²) in [4.78, 5) is 22.0. The maximum atomic E-state index is 14.9. The number of anilines is 2. The lowest BCUT2D eigenvalue weighted by Gasteiger charge is -2.43. The Balaban J connectivity index is 1.31. The van der Waals surface area contributed by atoms with Crippen LogP contribution in [-0.4, -0.2) is 67.3 Å². The predicted octanol–water partition coefficient (Wildman–Crippen LogP) is 5.51. The van der Waals surface area contributed by atoms with E-state index in [-0.39, 0.29) is 41.1 Å². The Morgan fingerprint density at radius 3 is 2.43 bits per heavy atom. The van der Waals surface area contributed by atoms with Crippen LogP contribution in [0, 0.1) is 19.3 Å². The van der Waals surface area contributed by atoms with E-state index in [0.29, 0.717) is 49.4 Å². The topological polar surface area (TPSA) is 152 Å². The summed E-state index contributed by atoms with van der Waals surface area (Å²) >= 11 is 0. The van der Waals surface area contributed by atoms with Crippen molar-refractivity contribution in [3.63, 3.8) is 0 Å². The number of carboxylic acids is 1. The molecule has 2 aliphatic heterocycles. The van der Waals surface area contributed by atoms with E-state index in [1.54, 1.807) is 37.4 Å². The number of alkyl halides is 3. The smallest absolute Gasteiger partial charge is 0.429 e. The van der Waals surface area contributed by atoms with Crippen LogP contribution in [0.1, 0.15) is 61.1 Å². The van der Waals surface area contributed by atoms with Crippen molar-refractivity contribution in [3.8, 4) is 22.7 Å². The molecule has 0 bridgehead atoms. The molecular weight excluding hydrogens is 639 g/mol. The average Bonchev–Trinajstić information content (AvgIpc) is 3.66. The summed E-state index contributed by atoms with van der Waals surface area (Å²) in [6.45, 7) is 6.56. The first-order chi connectivity index (χ1) is 23.3. The van der Waals surface area contributed by atoms with Crippen molar-refractivity contribution < 1.29 is 32.9 Å². The van der Waals surface area contributed by atoms with Crippen molar-refractivity contribution in [1.82, 2.24) is 25.1 Å². The number of benzene rings is 2. The molecule has 1 spiro atoms. The van der Waals surface area contributed by atoms with Gasteiger partial charge in [0.05, 0.1) is 18.0 Å². The Hall–Kier alpha value is -4.69. The van der Waals surface area contributed by atoms with Gasteiger partial charge >= 0.3 is 12.1 Å². The summed E-state index contributed by atoms with van der Waals surface area (Å²) in [7, 11) is 0. The third-order valence-corrected chi connectivity index (χ3v) is 9.91. The molecule has 260 valence electrons. The van der Waals surface area contributed by atoms with Crippen LogP contribution in [0.3, 0.4) is 0 Å². The number of rotatable bonds is 9. The molecule has 0 radical (unpaired) electrons. The number of hydrogen-bond donors (Lipinski definition) is 4. The second kappa shape index (κ2) is 13.3. The number of halogens is 3. The van der Waals surface area contributed by atoms with Gasteiger partial charge in [0, 0.05) is 37.0 Å². The zero-order valence-corrected chi connectivity index (χ0v) is 27.5. The van der Waals surface area contributed by atoms with Gasteiger partial charge in [0.1, 0.15) is 11.9 Å². The monoisotopic (exact) mass is 679 g/mol. The molecule has 0 saturated carbocycles. The van der Waals surface area contributed by atoms with Crippen molar-refractivity contribution in [1.29, 1.82) is 0 Å². The van der Waals surface area contributed by atoms with Crippen LogP contribution < -0.4 is 20.7 Å². The van der Waals surface area contributed by atoms with E-state index in [2.05, 4.69) is 20.4 Å². The standard InChI is InChI=1S/C35H40F3N7O4/c1-4-28-34(18-26(40-28)32(47)48)10-13-44(14-11-34)29-17-30(42-33(39)41-29)49-31(35(36,37)38)25-8-7-23(16-27(25)45-12-9-21(3)43-45)22-5-6-24(19-46)20(2)15-22/h5-9,12,15-17,26,28,31,40,46H,4,10-11,13-14,18-19H2,1-3H3,(H,47,48)(H2,39,41,42)/t26?,28?,31-/m1/s1. The number of nitrogens with one attached hydrogen (secondary N) is 1. The molecule has 4 heterocycles. The van der Waals surface area contributed by atoms with Crippen LogP contribution in [0.25, 0.3) is 16.8 Å². The van der Waals surface area contributed by atoms with Gasteiger partial charge in [-0.05, 0) is 79.3 Å². The number of carbonyl (C=O) groups is 1. The van der Waals surface area contributed by atoms with E-state index in [9.17, 15) is 28.2 Å². The Morgan fingerprint density at radius 1 is 1.10 bits per heavy atom. The van der Waals surface area contributed by atoms with E-state index in [0.717, 1.165) is 23.1 Å². The molecule has 0 amide bonds. The molecule has 2 aliphatic rings. The Bertz CT molecular complexity index is 1840. The quantitative estimate of drug-likeness (QED) is 0.178. The van der Waals surface area contributed by atoms with Gasteiger partial charge in [0.15, 0.2) is 0 Å². The summed E-state index contributed by atoms with van der Waals surface area (Å²) in [6.07, 6.45) is -2.99. The van der Waals surface area contributed by atoms with Gasteiger partial charge in [-0.15, -0.1) is 0 Å². The number of aliphatic hydroxyl groups excluding tert-OH is 1. The second-order valence-corrected chi connectivity index (χ2v) is 13.0. The Morgan fingerprint density at radius 2 is 1.82 bits per heavy atom. The molecule has 14 heteroatoms. The lowest BCUT2D eigenvalue weighted by Crippen LogP contribution is -2.46. The SMILES string of the molecule is CCC1NC(C(=O)O)CC12CCN(c1cc(O[C@H](c3ccc(-c4ccc(CO)c(C)c4)cc3-n3ccc(C)n3)C(F)(F)F)nc(N)n1)CC2. The zero-order valence-electron chi connectivity index (χ0n) is 27.5. The first-order valence-corrected chi connectivity index (χ1v) is 16.3. The molecule has 0 aliphatic carbocycles. The fraction of sp³-hybridized carbons (Fsp3) is 0.429. The molecule has 3 atom stereocenters. The fourth-order valence-electron chi connectivity index (χ4n) is 7.30. The maximum Gasteiger partial charge on any atom is 0.429 e. The predicted molar refractivity (Wildman–Crippen MR) is 177 cm³/mol. The Kier molecular flexibility index (Phi) is 9.29. The Labute approximate surface area is 281 Å². The molecule has 2 aromatic heterocycles. The van der Waals surface area contributed by atoms with Gasteiger partial charge in [-0.2, -0.15) is 28.2 Å². The number of piperidine rings is 1. The van der Waals surface area contributed by atoms with Crippen molar-refractivity contribution in [2.75, 3.05) is 23.7 Å². The number of carboxylic acid groups (broad SMARTS) is 1.